The van der Waals surface area contributed by atoms with E-state index in [1.165, 1.54) is 31.0 Å². The number of fused-ring (bicyclic) bond motifs is 1. The topological polar surface area (TPSA) is 50.1 Å². The van der Waals surface area contributed by atoms with Crippen LogP contribution in [-0.2, 0) is 6.42 Å². The normalized spacial score (nSPS) is 14.1. The molecule has 1 aliphatic heterocycles. The number of thioether (sulfide) groups is 1. The Morgan fingerprint density at radius 2 is 1.93 bits per heavy atom. The predicted molar refractivity (Wildman–Crippen MR) is 115 cm³/mol. The molecule has 3 rings (SSSR count). The lowest BCUT2D eigenvalue weighted by Crippen LogP contribution is -1.97. The summed E-state index contributed by atoms with van der Waals surface area (Å²) in [4.78, 5) is 14.5. The van der Waals surface area contributed by atoms with Crippen LogP contribution in [0.2, 0.25) is 0 Å². The zero-order valence-corrected chi connectivity index (χ0v) is 17.1. The number of allylic oxidation sites excluding steroid dienone is 1. The molecule has 4 heteroatoms. The van der Waals surface area contributed by atoms with E-state index in [1.807, 2.05) is 48.5 Å². The van der Waals surface area contributed by atoms with Crippen molar-refractivity contribution < 1.29 is 9.53 Å². The molecule has 144 valence electrons. The van der Waals surface area contributed by atoms with Crippen molar-refractivity contribution in [3.63, 3.8) is 0 Å². The zero-order chi connectivity index (χ0) is 19.8. The summed E-state index contributed by atoms with van der Waals surface area (Å²) in [6.45, 7) is 2.95. The highest BCUT2D eigenvalue weighted by Gasteiger charge is 2.26. The van der Waals surface area contributed by atoms with Crippen LogP contribution in [0.15, 0.2) is 52.3 Å². The minimum Gasteiger partial charge on any atom is -0.494 e. The van der Waals surface area contributed by atoms with E-state index in [1.54, 1.807) is 0 Å². The molecule has 0 atom stereocenters. The van der Waals surface area contributed by atoms with E-state index in [9.17, 15) is 4.79 Å². The highest BCUT2D eigenvalue weighted by molar-refractivity contribution is 8.04. The Morgan fingerprint density at radius 3 is 2.68 bits per heavy atom. The maximum Gasteiger partial charge on any atom is 0.200 e. The quantitative estimate of drug-likeness (QED) is 0.365. The molecule has 3 nitrogen and oxygen atoms in total. The number of Topliss-reactive ketones (excluding diaryl/α,β-unsaturated/α-hetero) is 1. The molecule has 0 radical (unpaired) electrons. The van der Waals surface area contributed by atoms with Gasteiger partial charge in [-0.25, -0.2) is 0 Å². The van der Waals surface area contributed by atoms with Gasteiger partial charge in [0.1, 0.15) is 5.75 Å². The highest BCUT2D eigenvalue weighted by atomic mass is 32.2. The number of rotatable bonds is 9. The van der Waals surface area contributed by atoms with E-state index in [4.69, 9.17) is 10.00 Å². The van der Waals surface area contributed by atoms with Crippen LogP contribution in [0.3, 0.4) is 0 Å². The van der Waals surface area contributed by atoms with E-state index >= 15 is 0 Å². The average molecular weight is 392 g/mol. The molecule has 0 amide bonds. The molecule has 0 aliphatic carbocycles. The fourth-order valence-corrected chi connectivity index (χ4v) is 4.15. The van der Waals surface area contributed by atoms with Gasteiger partial charge in [0.05, 0.1) is 17.6 Å². The van der Waals surface area contributed by atoms with Gasteiger partial charge in [-0.3, -0.25) is 4.79 Å². The van der Waals surface area contributed by atoms with Crippen LogP contribution in [-0.4, -0.2) is 12.4 Å². The smallest absolute Gasteiger partial charge is 0.200 e. The Labute approximate surface area is 171 Å². The van der Waals surface area contributed by atoms with Gasteiger partial charge in [0, 0.05) is 16.9 Å². The average Bonchev–Trinajstić information content (AvgIpc) is 3.02. The second-order valence-electron chi connectivity index (χ2n) is 6.91. The maximum atomic E-state index is 12.7. The number of hydrogen-bond donors (Lipinski definition) is 0. The number of carbonyl (C=O) groups excluding carboxylic acids is 1. The molecule has 0 aromatic heterocycles. The van der Waals surface area contributed by atoms with E-state index in [-0.39, 0.29) is 5.78 Å². The second kappa shape index (κ2) is 10.1. The number of unbranched alkanes of at least 4 members (excludes halogenated alkanes) is 3. The number of hydrogen-bond acceptors (Lipinski definition) is 4. The summed E-state index contributed by atoms with van der Waals surface area (Å²) in [5.74, 6) is 0.935. The summed E-state index contributed by atoms with van der Waals surface area (Å²) in [7, 11) is 0. The molecule has 0 N–H and O–H groups in total. The molecule has 0 spiro atoms. The molecule has 0 bridgehead atoms. The molecule has 0 fully saturated rings. The van der Waals surface area contributed by atoms with Crippen molar-refractivity contribution in [2.75, 3.05) is 6.61 Å². The number of benzene rings is 2. The van der Waals surface area contributed by atoms with Gasteiger partial charge in [0.2, 0.25) is 5.78 Å². The van der Waals surface area contributed by atoms with Crippen LogP contribution in [0.25, 0.3) is 6.08 Å². The van der Waals surface area contributed by atoms with E-state index in [0.717, 1.165) is 45.3 Å². The number of nitriles is 1. The first-order chi connectivity index (χ1) is 13.7. The number of ether oxygens (including phenoxy) is 1. The van der Waals surface area contributed by atoms with Crippen molar-refractivity contribution in [2.45, 2.75) is 50.3 Å². The van der Waals surface area contributed by atoms with Crippen molar-refractivity contribution in [3.05, 3.63) is 64.1 Å². The summed E-state index contributed by atoms with van der Waals surface area (Å²) in [5.41, 5.74) is 2.78. The fourth-order valence-electron chi connectivity index (χ4n) is 3.12. The highest BCUT2D eigenvalue weighted by Crippen LogP contribution is 2.41. The molecule has 2 aromatic carbocycles. The summed E-state index contributed by atoms with van der Waals surface area (Å²) in [6, 6.07) is 16.0. The van der Waals surface area contributed by atoms with Crippen molar-refractivity contribution in [2.24, 2.45) is 0 Å². The van der Waals surface area contributed by atoms with Gasteiger partial charge in [0.25, 0.3) is 0 Å². The Kier molecular flexibility index (Phi) is 7.33. The molecule has 2 aromatic rings. The molecular formula is C24H25NO2S. The molecular weight excluding hydrogens is 366 g/mol. The van der Waals surface area contributed by atoms with Crippen LogP contribution in [0.4, 0.5) is 0 Å². The van der Waals surface area contributed by atoms with Gasteiger partial charge >= 0.3 is 0 Å². The minimum atomic E-state index is 0.0649. The number of aryl methyl sites for hydroxylation is 1. The van der Waals surface area contributed by atoms with Gasteiger partial charge in [-0.2, -0.15) is 5.26 Å². The molecule has 28 heavy (non-hydrogen) atoms. The molecule has 0 saturated heterocycles. The Balaban J connectivity index is 1.62. The van der Waals surface area contributed by atoms with E-state index in [0.29, 0.717) is 12.8 Å². The van der Waals surface area contributed by atoms with Gasteiger partial charge in [-0.15, -0.1) is 0 Å². The Morgan fingerprint density at radius 1 is 1.11 bits per heavy atom. The Bertz CT molecular complexity index is 894. The minimum absolute atomic E-state index is 0.0649. The first kappa shape index (κ1) is 20.2. The predicted octanol–water partition coefficient (Wildman–Crippen LogP) is 6.43. The van der Waals surface area contributed by atoms with Crippen molar-refractivity contribution in [1.82, 2.24) is 0 Å². The van der Waals surface area contributed by atoms with Crippen LogP contribution in [0, 0.1) is 11.3 Å². The summed E-state index contributed by atoms with van der Waals surface area (Å²) in [5, 5.41) is 8.74. The van der Waals surface area contributed by atoms with E-state index < -0.39 is 0 Å². The molecule has 1 heterocycles. The van der Waals surface area contributed by atoms with Gasteiger partial charge in [-0.1, -0.05) is 56.1 Å². The number of nitrogens with zero attached hydrogens (tertiary/aromatic N) is 1. The van der Waals surface area contributed by atoms with Crippen LogP contribution < -0.4 is 4.74 Å². The summed E-state index contributed by atoms with van der Waals surface area (Å²) in [6.07, 6.45) is 7.86. The molecule has 0 unspecified atom stereocenters. The van der Waals surface area contributed by atoms with Gasteiger partial charge in [0.15, 0.2) is 0 Å². The third-order valence-corrected chi connectivity index (χ3v) is 5.80. The fraction of sp³-hybridized carbons (Fsp3) is 0.333. The van der Waals surface area contributed by atoms with Gasteiger partial charge < -0.3 is 4.74 Å². The van der Waals surface area contributed by atoms with Crippen LogP contribution >= 0.6 is 11.8 Å². The molecule has 0 saturated carbocycles. The van der Waals surface area contributed by atoms with Crippen molar-refractivity contribution >= 4 is 23.6 Å². The lowest BCUT2D eigenvalue weighted by molar-refractivity contribution is 0.104. The van der Waals surface area contributed by atoms with Crippen LogP contribution in [0.5, 0.6) is 5.75 Å². The largest absolute Gasteiger partial charge is 0.494 e. The monoisotopic (exact) mass is 391 g/mol. The summed E-state index contributed by atoms with van der Waals surface area (Å²) < 4.78 is 5.78. The lowest BCUT2D eigenvalue weighted by atomic mass is 10.0. The third kappa shape index (κ3) is 5.27. The first-order valence-electron chi connectivity index (χ1n) is 9.88. The van der Waals surface area contributed by atoms with E-state index in [2.05, 4.69) is 13.0 Å². The number of carbonyl (C=O) groups is 1. The standard InChI is InChI=1S/C24H25NO2S/c1-2-3-4-5-15-27-20-11-8-19(9-12-20)17-23-24(26)21-16-18(7-6-14-25)10-13-22(21)28-23/h8-13,16-17H,2-7,15H2,1H3/b23-17+. The van der Waals surface area contributed by atoms with Crippen molar-refractivity contribution in [3.8, 4) is 11.8 Å². The first-order valence-corrected chi connectivity index (χ1v) is 10.7. The van der Waals surface area contributed by atoms with Crippen LogP contribution in [0.1, 0.15) is 60.5 Å². The second-order valence-corrected chi connectivity index (χ2v) is 7.99. The van der Waals surface area contributed by atoms with Crippen molar-refractivity contribution in [1.29, 1.82) is 5.26 Å². The van der Waals surface area contributed by atoms with Gasteiger partial charge in [-0.05, 0) is 54.3 Å². The lowest BCUT2D eigenvalue weighted by Gasteiger charge is -2.06. The molecule has 1 aliphatic rings. The number of ketones is 1. The maximum absolute atomic E-state index is 12.7. The zero-order valence-electron chi connectivity index (χ0n) is 16.2. The third-order valence-electron chi connectivity index (χ3n) is 4.70. The Hall–Kier alpha value is -2.51. The SMILES string of the molecule is CCCCCCOc1ccc(/C=C2/Sc3ccc(CCC#N)cc3C2=O)cc1. The summed E-state index contributed by atoms with van der Waals surface area (Å²) >= 11 is 1.51.